The SMILES string of the molecule is CCCC(CBr)CN1C(=O)C(=O)c2ccc(C)c(C)c21. The van der Waals surface area contributed by atoms with Crippen LogP contribution in [-0.4, -0.2) is 23.6 Å². The van der Waals surface area contributed by atoms with E-state index in [0.717, 1.165) is 35.0 Å². The molecule has 1 aliphatic rings. The number of nitrogens with zero attached hydrogens (tertiary/aromatic N) is 1. The average Bonchev–Trinajstić information content (AvgIpc) is 2.67. The molecule has 0 fully saturated rings. The minimum atomic E-state index is -0.379. The summed E-state index contributed by atoms with van der Waals surface area (Å²) in [6, 6.07) is 3.69. The predicted octanol–water partition coefficient (Wildman–Crippen LogP) is 3.64. The van der Waals surface area contributed by atoms with Crippen molar-refractivity contribution < 1.29 is 9.59 Å². The van der Waals surface area contributed by atoms with Crippen LogP contribution in [0.1, 0.15) is 41.3 Å². The van der Waals surface area contributed by atoms with E-state index in [1.165, 1.54) is 0 Å². The van der Waals surface area contributed by atoms with Gasteiger partial charge in [-0.25, -0.2) is 0 Å². The van der Waals surface area contributed by atoms with Crippen molar-refractivity contribution in [1.29, 1.82) is 0 Å². The fraction of sp³-hybridized carbons (Fsp3) is 0.500. The molecule has 0 spiro atoms. The van der Waals surface area contributed by atoms with Gasteiger partial charge < -0.3 is 4.90 Å². The third-order valence-electron chi connectivity index (χ3n) is 4.01. The largest absolute Gasteiger partial charge is 0.304 e. The van der Waals surface area contributed by atoms with E-state index in [4.69, 9.17) is 0 Å². The molecule has 1 unspecified atom stereocenters. The van der Waals surface area contributed by atoms with Crippen molar-refractivity contribution >= 4 is 33.3 Å². The van der Waals surface area contributed by atoms with Crippen molar-refractivity contribution in [2.75, 3.05) is 16.8 Å². The quantitative estimate of drug-likeness (QED) is 0.607. The molecule has 3 nitrogen and oxygen atoms in total. The van der Waals surface area contributed by atoms with E-state index < -0.39 is 0 Å². The number of aryl methyl sites for hydroxylation is 1. The molecule has 108 valence electrons. The normalized spacial score (nSPS) is 15.7. The number of ketones is 1. The van der Waals surface area contributed by atoms with Gasteiger partial charge in [-0.3, -0.25) is 9.59 Å². The molecule has 1 heterocycles. The van der Waals surface area contributed by atoms with Crippen LogP contribution in [0.2, 0.25) is 0 Å². The molecule has 1 aromatic rings. The predicted molar refractivity (Wildman–Crippen MR) is 84.8 cm³/mol. The van der Waals surface area contributed by atoms with Crippen LogP contribution >= 0.6 is 15.9 Å². The van der Waals surface area contributed by atoms with Gasteiger partial charge >= 0.3 is 0 Å². The van der Waals surface area contributed by atoms with Crippen molar-refractivity contribution in [3.05, 3.63) is 28.8 Å². The molecule has 20 heavy (non-hydrogen) atoms. The second-order valence-corrected chi connectivity index (χ2v) is 6.10. The number of hydrogen-bond donors (Lipinski definition) is 0. The van der Waals surface area contributed by atoms with E-state index in [9.17, 15) is 9.59 Å². The Labute approximate surface area is 128 Å². The number of alkyl halides is 1. The lowest BCUT2D eigenvalue weighted by Gasteiger charge is -2.24. The number of hydrogen-bond acceptors (Lipinski definition) is 2. The van der Waals surface area contributed by atoms with Crippen LogP contribution in [0, 0.1) is 19.8 Å². The first kappa shape index (κ1) is 15.2. The van der Waals surface area contributed by atoms with Crippen molar-refractivity contribution in [3.63, 3.8) is 0 Å². The Morgan fingerprint density at radius 1 is 1.25 bits per heavy atom. The topological polar surface area (TPSA) is 37.4 Å². The Hall–Kier alpha value is -1.16. The fourth-order valence-corrected chi connectivity index (χ4v) is 3.26. The molecule has 0 saturated heterocycles. The minimum absolute atomic E-state index is 0.368. The van der Waals surface area contributed by atoms with E-state index in [1.807, 2.05) is 19.9 Å². The summed E-state index contributed by atoms with van der Waals surface area (Å²) in [4.78, 5) is 26.0. The van der Waals surface area contributed by atoms with Gasteiger partial charge in [0.15, 0.2) is 0 Å². The highest BCUT2D eigenvalue weighted by atomic mass is 79.9. The number of carbonyl (C=O) groups is 2. The zero-order chi connectivity index (χ0) is 14.9. The molecule has 0 aromatic heterocycles. The third kappa shape index (κ3) is 2.53. The maximum atomic E-state index is 12.2. The third-order valence-corrected chi connectivity index (χ3v) is 4.93. The zero-order valence-electron chi connectivity index (χ0n) is 12.2. The van der Waals surface area contributed by atoms with Crippen molar-refractivity contribution in [1.82, 2.24) is 0 Å². The molecule has 1 atom stereocenters. The van der Waals surface area contributed by atoms with Crippen LogP contribution in [0.4, 0.5) is 5.69 Å². The maximum absolute atomic E-state index is 12.2. The summed E-state index contributed by atoms with van der Waals surface area (Å²) in [6.45, 7) is 6.74. The average molecular weight is 338 g/mol. The van der Waals surface area contributed by atoms with Crippen molar-refractivity contribution in [3.8, 4) is 0 Å². The van der Waals surface area contributed by atoms with Gasteiger partial charge in [0.2, 0.25) is 0 Å². The molecule has 1 aromatic carbocycles. The first-order valence-electron chi connectivity index (χ1n) is 7.03. The second kappa shape index (κ2) is 6.08. The Bertz CT molecular complexity index is 554. The summed E-state index contributed by atoms with van der Waals surface area (Å²) in [6.07, 6.45) is 2.12. The summed E-state index contributed by atoms with van der Waals surface area (Å²) >= 11 is 3.51. The van der Waals surface area contributed by atoms with Crippen molar-refractivity contribution in [2.45, 2.75) is 33.6 Å². The molecule has 1 aliphatic heterocycles. The van der Waals surface area contributed by atoms with E-state index in [0.29, 0.717) is 18.0 Å². The summed E-state index contributed by atoms with van der Waals surface area (Å²) in [5, 5.41) is 0.846. The monoisotopic (exact) mass is 337 g/mol. The van der Waals surface area contributed by atoms with E-state index >= 15 is 0 Å². The maximum Gasteiger partial charge on any atom is 0.299 e. The zero-order valence-corrected chi connectivity index (χ0v) is 13.8. The van der Waals surface area contributed by atoms with E-state index in [2.05, 4.69) is 22.9 Å². The highest BCUT2D eigenvalue weighted by molar-refractivity contribution is 9.09. The first-order valence-corrected chi connectivity index (χ1v) is 8.15. The van der Waals surface area contributed by atoms with Gasteiger partial charge in [0.05, 0.1) is 11.3 Å². The Balaban J connectivity index is 2.39. The first-order chi connectivity index (χ1) is 9.51. The molecule has 0 radical (unpaired) electrons. The Morgan fingerprint density at radius 2 is 1.95 bits per heavy atom. The minimum Gasteiger partial charge on any atom is -0.304 e. The molecule has 0 aliphatic carbocycles. The van der Waals surface area contributed by atoms with Crippen LogP contribution in [0.25, 0.3) is 0 Å². The Morgan fingerprint density at radius 3 is 2.55 bits per heavy atom. The van der Waals surface area contributed by atoms with Crippen molar-refractivity contribution in [2.24, 2.45) is 5.92 Å². The van der Waals surface area contributed by atoms with Crippen LogP contribution in [0.5, 0.6) is 0 Å². The number of fused-ring (bicyclic) bond motifs is 1. The van der Waals surface area contributed by atoms with Gasteiger partial charge in [-0.15, -0.1) is 0 Å². The second-order valence-electron chi connectivity index (χ2n) is 5.46. The van der Waals surface area contributed by atoms with Crippen LogP contribution in [0.3, 0.4) is 0 Å². The number of anilines is 1. The lowest BCUT2D eigenvalue weighted by Crippen LogP contribution is -2.35. The molecule has 1 amide bonds. The highest BCUT2D eigenvalue weighted by Gasteiger charge is 2.37. The fourth-order valence-electron chi connectivity index (χ4n) is 2.73. The smallest absolute Gasteiger partial charge is 0.299 e. The highest BCUT2D eigenvalue weighted by Crippen LogP contribution is 2.35. The number of amides is 1. The summed E-state index contributed by atoms with van der Waals surface area (Å²) in [5.74, 6) is -0.369. The lowest BCUT2D eigenvalue weighted by molar-refractivity contribution is -0.114. The number of carbonyl (C=O) groups excluding carboxylic acids is 2. The molecule has 0 saturated carbocycles. The number of Topliss-reactive ketones (excluding diaryl/α,β-unsaturated/α-hetero) is 1. The lowest BCUT2D eigenvalue weighted by atomic mass is 10.0. The van der Waals surface area contributed by atoms with Gasteiger partial charge in [-0.1, -0.05) is 35.3 Å². The summed E-state index contributed by atoms with van der Waals surface area (Å²) < 4.78 is 0. The van der Waals surface area contributed by atoms with Crippen LogP contribution in [0.15, 0.2) is 12.1 Å². The van der Waals surface area contributed by atoms with Crippen LogP contribution in [-0.2, 0) is 4.79 Å². The number of rotatable bonds is 5. The molecule has 2 rings (SSSR count). The molecular weight excluding hydrogens is 318 g/mol. The van der Waals surface area contributed by atoms with E-state index in [-0.39, 0.29) is 11.7 Å². The molecular formula is C16H20BrNO2. The molecule has 4 heteroatoms. The van der Waals surface area contributed by atoms with Gasteiger partial charge in [0, 0.05) is 11.9 Å². The summed E-state index contributed by atoms with van der Waals surface area (Å²) in [7, 11) is 0. The molecule has 0 bridgehead atoms. The van der Waals surface area contributed by atoms with E-state index in [1.54, 1.807) is 11.0 Å². The van der Waals surface area contributed by atoms with Gasteiger partial charge in [0.25, 0.3) is 11.7 Å². The van der Waals surface area contributed by atoms with Gasteiger partial charge in [-0.2, -0.15) is 0 Å². The van der Waals surface area contributed by atoms with Gasteiger partial charge in [0.1, 0.15) is 0 Å². The van der Waals surface area contributed by atoms with Gasteiger partial charge in [-0.05, 0) is 43.4 Å². The Kier molecular flexibility index (Phi) is 4.63. The number of benzene rings is 1. The number of halogens is 1. The molecule has 0 N–H and O–H groups in total. The standard InChI is InChI=1S/C16H20BrNO2/c1-4-5-12(8-17)9-18-14-11(3)10(2)6-7-13(14)15(19)16(18)20/h6-7,12H,4-5,8-9H2,1-3H3. The van der Waals surface area contributed by atoms with Crippen LogP contribution < -0.4 is 4.90 Å². The summed E-state index contributed by atoms with van der Waals surface area (Å²) in [5.41, 5.74) is 3.53.